The lowest BCUT2D eigenvalue weighted by Crippen LogP contribution is -2.44. The molecule has 1 aromatic rings. The van der Waals surface area contributed by atoms with Crippen LogP contribution in [-0.2, 0) is 6.54 Å². The van der Waals surface area contributed by atoms with Crippen molar-refractivity contribution in [3.05, 3.63) is 29.6 Å². The summed E-state index contributed by atoms with van der Waals surface area (Å²) in [5.41, 5.74) is 8.23. The van der Waals surface area contributed by atoms with E-state index in [0.29, 0.717) is 12.0 Å². The van der Waals surface area contributed by atoms with Gasteiger partial charge in [-0.3, -0.25) is 9.88 Å². The van der Waals surface area contributed by atoms with Gasteiger partial charge in [0.25, 0.3) is 0 Å². The Morgan fingerprint density at radius 1 is 1.32 bits per heavy atom. The number of rotatable bonds is 8. The van der Waals surface area contributed by atoms with Crippen molar-refractivity contribution in [2.75, 3.05) is 13.1 Å². The van der Waals surface area contributed by atoms with Gasteiger partial charge in [0.2, 0.25) is 0 Å². The molecule has 1 rings (SSSR count). The van der Waals surface area contributed by atoms with Crippen LogP contribution in [0, 0.1) is 12.8 Å². The zero-order valence-corrected chi connectivity index (χ0v) is 12.9. The van der Waals surface area contributed by atoms with Gasteiger partial charge in [-0.25, -0.2) is 0 Å². The van der Waals surface area contributed by atoms with Crippen molar-refractivity contribution in [3.63, 3.8) is 0 Å². The number of hydrogen-bond acceptors (Lipinski definition) is 3. The van der Waals surface area contributed by atoms with Crippen molar-refractivity contribution >= 4 is 0 Å². The molecular weight excluding hydrogens is 234 g/mol. The highest BCUT2D eigenvalue weighted by atomic mass is 15.2. The minimum absolute atomic E-state index is 0.451. The molecule has 0 radical (unpaired) electrons. The smallest absolute Gasteiger partial charge is 0.0547 e. The predicted molar refractivity (Wildman–Crippen MR) is 82.0 cm³/mol. The lowest BCUT2D eigenvalue weighted by molar-refractivity contribution is 0.145. The van der Waals surface area contributed by atoms with Gasteiger partial charge < -0.3 is 5.73 Å². The zero-order valence-electron chi connectivity index (χ0n) is 12.9. The topological polar surface area (TPSA) is 42.1 Å². The second-order valence-electron chi connectivity index (χ2n) is 5.40. The van der Waals surface area contributed by atoms with Crippen LogP contribution in [0.15, 0.2) is 18.2 Å². The maximum absolute atomic E-state index is 6.00. The van der Waals surface area contributed by atoms with Crippen LogP contribution >= 0.6 is 0 Å². The first-order chi connectivity index (χ1) is 9.12. The molecular formula is C16H29N3. The minimum atomic E-state index is 0.451. The van der Waals surface area contributed by atoms with Crippen LogP contribution in [-0.4, -0.2) is 29.0 Å². The van der Waals surface area contributed by atoms with Gasteiger partial charge in [-0.2, -0.15) is 0 Å². The molecule has 0 aliphatic carbocycles. The summed E-state index contributed by atoms with van der Waals surface area (Å²) < 4.78 is 0. The number of pyridine rings is 1. The van der Waals surface area contributed by atoms with E-state index in [2.05, 4.69) is 42.8 Å². The van der Waals surface area contributed by atoms with Crippen molar-refractivity contribution in [1.82, 2.24) is 9.88 Å². The summed E-state index contributed by atoms with van der Waals surface area (Å²) in [6.07, 6.45) is 2.46. The molecule has 3 nitrogen and oxygen atoms in total. The fraction of sp³-hybridized carbons (Fsp3) is 0.688. The summed E-state index contributed by atoms with van der Waals surface area (Å²) in [5.74, 6) is 0.639. The predicted octanol–water partition coefficient (Wildman–Crippen LogP) is 2.98. The van der Waals surface area contributed by atoms with Gasteiger partial charge in [0.1, 0.15) is 0 Å². The molecule has 2 atom stereocenters. The number of hydrogen-bond donors (Lipinski definition) is 1. The Kier molecular flexibility index (Phi) is 7.03. The lowest BCUT2D eigenvalue weighted by atomic mass is 9.95. The van der Waals surface area contributed by atoms with Crippen molar-refractivity contribution < 1.29 is 0 Å². The van der Waals surface area contributed by atoms with Gasteiger partial charge in [-0.15, -0.1) is 0 Å². The molecule has 0 bridgehead atoms. The van der Waals surface area contributed by atoms with Gasteiger partial charge in [-0.05, 0) is 37.9 Å². The Morgan fingerprint density at radius 2 is 2.05 bits per heavy atom. The largest absolute Gasteiger partial charge is 0.329 e. The van der Waals surface area contributed by atoms with Crippen LogP contribution in [0.25, 0.3) is 0 Å². The fourth-order valence-electron chi connectivity index (χ4n) is 2.75. The van der Waals surface area contributed by atoms with Gasteiger partial charge in [-0.1, -0.05) is 33.3 Å². The summed E-state index contributed by atoms with van der Waals surface area (Å²) in [6.45, 7) is 11.4. The molecule has 1 heterocycles. The van der Waals surface area contributed by atoms with Gasteiger partial charge in [0.15, 0.2) is 0 Å². The molecule has 2 unspecified atom stereocenters. The first-order valence-electron chi connectivity index (χ1n) is 7.49. The van der Waals surface area contributed by atoms with Crippen LogP contribution in [0.1, 0.15) is 45.0 Å². The molecule has 0 fully saturated rings. The number of nitrogens with two attached hydrogens (primary N) is 1. The summed E-state index contributed by atoms with van der Waals surface area (Å²) in [6, 6.07) is 6.68. The van der Waals surface area contributed by atoms with E-state index in [9.17, 15) is 0 Å². The highest BCUT2D eigenvalue weighted by molar-refractivity contribution is 5.10. The average molecular weight is 263 g/mol. The van der Waals surface area contributed by atoms with Crippen LogP contribution in [0.3, 0.4) is 0 Å². The standard InChI is InChI=1S/C16H29N3/c1-5-8-13(3)16(11-17)19(6-2)12-15-10-7-9-14(4)18-15/h7,9-10,13,16H,5-6,8,11-12,17H2,1-4H3. The molecule has 0 saturated carbocycles. The van der Waals surface area contributed by atoms with Crippen molar-refractivity contribution in [2.24, 2.45) is 11.7 Å². The molecule has 3 heteroatoms. The molecule has 0 amide bonds. The molecule has 2 N–H and O–H groups in total. The van der Waals surface area contributed by atoms with Gasteiger partial charge in [0.05, 0.1) is 5.69 Å². The lowest BCUT2D eigenvalue weighted by Gasteiger charge is -2.34. The van der Waals surface area contributed by atoms with E-state index in [4.69, 9.17) is 5.73 Å². The van der Waals surface area contributed by atoms with Crippen molar-refractivity contribution in [3.8, 4) is 0 Å². The molecule has 0 aliphatic rings. The molecule has 0 saturated heterocycles. The van der Waals surface area contributed by atoms with E-state index in [1.807, 2.05) is 13.0 Å². The second-order valence-corrected chi connectivity index (χ2v) is 5.40. The van der Waals surface area contributed by atoms with Crippen LogP contribution < -0.4 is 5.73 Å². The van der Waals surface area contributed by atoms with Crippen molar-refractivity contribution in [2.45, 2.75) is 53.1 Å². The maximum atomic E-state index is 6.00. The number of aromatic nitrogens is 1. The summed E-state index contributed by atoms with van der Waals surface area (Å²) in [4.78, 5) is 7.06. The Balaban J connectivity index is 2.75. The van der Waals surface area contributed by atoms with Gasteiger partial charge in [0, 0.05) is 24.8 Å². The molecule has 1 aromatic heterocycles. The third-order valence-electron chi connectivity index (χ3n) is 3.83. The number of nitrogens with zero attached hydrogens (tertiary/aromatic N) is 2. The third kappa shape index (κ3) is 4.92. The van der Waals surface area contributed by atoms with Crippen LogP contribution in [0.2, 0.25) is 0 Å². The van der Waals surface area contributed by atoms with Crippen LogP contribution in [0.4, 0.5) is 0 Å². The van der Waals surface area contributed by atoms with E-state index in [1.165, 1.54) is 12.8 Å². The number of aryl methyl sites for hydroxylation is 1. The normalized spacial score (nSPS) is 14.6. The highest BCUT2D eigenvalue weighted by Gasteiger charge is 2.22. The molecule has 19 heavy (non-hydrogen) atoms. The first kappa shape index (κ1) is 16.1. The van der Waals surface area contributed by atoms with Crippen molar-refractivity contribution in [1.29, 1.82) is 0 Å². The van der Waals surface area contributed by atoms with E-state index >= 15 is 0 Å². The highest BCUT2D eigenvalue weighted by Crippen LogP contribution is 2.17. The monoisotopic (exact) mass is 263 g/mol. The fourth-order valence-corrected chi connectivity index (χ4v) is 2.75. The third-order valence-corrected chi connectivity index (χ3v) is 3.83. The zero-order chi connectivity index (χ0) is 14.3. The van der Waals surface area contributed by atoms with E-state index in [0.717, 1.165) is 31.0 Å². The Morgan fingerprint density at radius 3 is 2.58 bits per heavy atom. The van der Waals surface area contributed by atoms with E-state index in [-0.39, 0.29) is 0 Å². The minimum Gasteiger partial charge on any atom is -0.329 e. The maximum Gasteiger partial charge on any atom is 0.0547 e. The van der Waals surface area contributed by atoms with E-state index < -0.39 is 0 Å². The Hall–Kier alpha value is -0.930. The first-order valence-corrected chi connectivity index (χ1v) is 7.49. The summed E-state index contributed by atoms with van der Waals surface area (Å²) in [7, 11) is 0. The quantitative estimate of drug-likeness (QED) is 0.784. The molecule has 0 aromatic carbocycles. The molecule has 108 valence electrons. The van der Waals surface area contributed by atoms with E-state index in [1.54, 1.807) is 0 Å². The number of likely N-dealkylation sites (N-methyl/N-ethyl adjacent to an activating group) is 1. The Labute approximate surface area is 118 Å². The summed E-state index contributed by atoms with van der Waals surface area (Å²) >= 11 is 0. The summed E-state index contributed by atoms with van der Waals surface area (Å²) in [5, 5.41) is 0. The molecule has 0 aliphatic heterocycles. The SMILES string of the molecule is CCCC(C)C(CN)N(CC)Cc1cccc(C)n1. The Bertz CT molecular complexity index is 365. The van der Waals surface area contributed by atoms with Gasteiger partial charge >= 0.3 is 0 Å². The average Bonchev–Trinajstić information content (AvgIpc) is 2.38. The van der Waals surface area contributed by atoms with Crippen LogP contribution in [0.5, 0.6) is 0 Å². The second kappa shape index (κ2) is 8.28. The molecule has 0 spiro atoms.